The van der Waals surface area contributed by atoms with Gasteiger partial charge in [0.2, 0.25) is 0 Å². The summed E-state index contributed by atoms with van der Waals surface area (Å²) in [5.41, 5.74) is 1.36. The molecule has 3 rings (SSSR count). The van der Waals surface area contributed by atoms with Crippen molar-refractivity contribution in [2.45, 2.75) is 76.7 Å². The number of hydrogen-bond acceptors (Lipinski definition) is 2. The molecule has 2 aliphatic rings. The molecule has 0 aromatic heterocycles. The molecule has 0 spiro atoms. The summed E-state index contributed by atoms with van der Waals surface area (Å²) in [6.07, 6.45) is 4.88. The lowest BCUT2D eigenvalue weighted by molar-refractivity contribution is -0.172. The first-order valence-electron chi connectivity index (χ1n) is 10.3. The summed E-state index contributed by atoms with van der Waals surface area (Å²) in [5, 5.41) is 0. The molecule has 1 aromatic carbocycles. The zero-order chi connectivity index (χ0) is 18.6. The second-order valence-electron chi connectivity index (χ2n) is 7.86. The first-order valence-corrected chi connectivity index (χ1v) is 10.3. The highest BCUT2D eigenvalue weighted by Gasteiger charge is 2.47. The fourth-order valence-corrected chi connectivity index (χ4v) is 4.90. The van der Waals surface area contributed by atoms with Gasteiger partial charge in [0.1, 0.15) is 11.9 Å². The quantitative estimate of drug-likeness (QED) is 0.597. The maximum Gasteiger partial charge on any atom is 0.274 e. The molecular weight excluding hydrogens is 334 g/mol. The smallest absolute Gasteiger partial charge is 0.274 e. The summed E-state index contributed by atoms with van der Waals surface area (Å²) in [6.45, 7) is 4.84. The minimum Gasteiger partial charge on any atom is -0.494 e. The molecule has 0 amide bonds. The summed E-state index contributed by atoms with van der Waals surface area (Å²) >= 11 is 0. The van der Waals surface area contributed by atoms with Crippen molar-refractivity contribution >= 4 is 0 Å². The molecule has 2 atom stereocenters. The van der Waals surface area contributed by atoms with Crippen LogP contribution in [0.5, 0.6) is 5.75 Å². The minimum absolute atomic E-state index is 0.00997. The van der Waals surface area contributed by atoms with Crippen LogP contribution in [0.1, 0.15) is 70.3 Å². The van der Waals surface area contributed by atoms with Crippen molar-refractivity contribution in [2.75, 3.05) is 13.2 Å². The van der Waals surface area contributed by atoms with Gasteiger partial charge in [-0.05, 0) is 87.8 Å². The van der Waals surface area contributed by atoms with Gasteiger partial charge in [-0.15, -0.1) is 0 Å². The van der Waals surface area contributed by atoms with Crippen LogP contribution in [0.2, 0.25) is 0 Å². The van der Waals surface area contributed by atoms with Gasteiger partial charge in [0.05, 0.1) is 6.61 Å². The fourth-order valence-electron chi connectivity index (χ4n) is 4.90. The standard InChI is InChI=1S/C22H32F2O2/c1-3-25-20-12-9-17(10-13-20)16-5-7-18(8-6-16)19-11-14-21(26-4-2)22(23,24)15-19/h9-10,12-13,16,18-19,21H,3-8,11,14-15H2,1-2H3. The molecule has 0 saturated heterocycles. The van der Waals surface area contributed by atoms with Crippen LogP contribution < -0.4 is 4.74 Å². The summed E-state index contributed by atoms with van der Waals surface area (Å²) < 4.78 is 39.5. The molecule has 26 heavy (non-hydrogen) atoms. The van der Waals surface area contributed by atoms with Gasteiger partial charge in [0.25, 0.3) is 5.92 Å². The molecule has 2 unspecified atom stereocenters. The second-order valence-corrected chi connectivity index (χ2v) is 7.86. The van der Waals surface area contributed by atoms with Gasteiger partial charge in [0, 0.05) is 13.0 Å². The lowest BCUT2D eigenvalue weighted by atomic mass is 9.68. The van der Waals surface area contributed by atoms with Crippen molar-refractivity contribution in [3.8, 4) is 5.75 Å². The van der Waals surface area contributed by atoms with E-state index in [0.717, 1.165) is 37.9 Å². The van der Waals surface area contributed by atoms with Crippen molar-refractivity contribution in [3.05, 3.63) is 29.8 Å². The summed E-state index contributed by atoms with van der Waals surface area (Å²) in [6, 6.07) is 8.41. The van der Waals surface area contributed by atoms with Crippen LogP contribution in [0.25, 0.3) is 0 Å². The van der Waals surface area contributed by atoms with E-state index in [1.807, 2.05) is 19.1 Å². The predicted molar refractivity (Wildman–Crippen MR) is 100 cm³/mol. The van der Waals surface area contributed by atoms with Gasteiger partial charge in [-0.2, -0.15) is 0 Å². The third kappa shape index (κ3) is 4.57. The number of halogens is 2. The number of benzene rings is 1. The van der Waals surface area contributed by atoms with Gasteiger partial charge >= 0.3 is 0 Å². The highest BCUT2D eigenvalue weighted by Crippen LogP contribution is 2.47. The fraction of sp³-hybridized carbons (Fsp3) is 0.727. The average Bonchev–Trinajstić information content (AvgIpc) is 2.64. The molecule has 0 heterocycles. The molecule has 0 N–H and O–H groups in total. The van der Waals surface area contributed by atoms with E-state index in [2.05, 4.69) is 12.1 Å². The Kier molecular flexibility index (Phi) is 6.55. The Bertz CT molecular complexity index is 550. The topological polar surface area (TPSA) is 18.5 Å². The molecule has 4 heteroatoms. The third-order valence-electron chi connectivity index (χ3n) is 6.27. The van der Waals surface area contributed by atoms with Gasteiger partial charge in [-0.1, -0.05) is 12.1 Å². The number of rotatable bonds is 6. The van der Waals surface area contributed by atoms with E-state index in [1.54, 1.807) is 6.92 Å². The van der Waals surface area contributed by atoms with Crippen LogP contribution in [0.3, 0.4) is 0 Å². The Morgan fingerprint density at radius 3 is 2.12 bits per heavy atom. The molecule has 146 valence electrons. The highest BCUT2D eigenvalue weighted by molar-refractivity contribution is 5.29. The van der Waals surface area contributed by atoms with E-state index >= 15 is 0 Å². The maximum absolute atomic E-state index is 14.4. The predicted octanol–water partition coefficient (Wildman–Crippen LogP) is 6.20. The summed E-state index contributed by atoms with van der Waals surface area (Å²) in [4.78, 5) is 0. The summed E-state index contributed by atoms with van der Waals surface area (Å²) in [7, 11) is 0. The van der Waals surface area contributed by atoms with Crippen LogP contribution in [0.4, 0.5) is 8.78 Å². The van der Waals surface area contributed by atoms with E-state index < -0.39 is 12.0 Å². The van der Waals surface area contributed by atoms with Crippen LogP contribution in [-0.4, -0.2) is 25.2 Å². The largest absolute Gasteiger partial charge is 0.494 e. The number of ether oxygens (including phenoxy) is 2. The van der Waals surface area contributed by atoms with Gasteiger partial charge in [-0.25, -0.2) is 8.78 Å². The molecule has 2 fully saturated rings. The monoisotopic (exact) mass is 366 g/mol. The Labute approximate surface area is 156 Å². The molecule has 2 saturated carbocycles. The lowest BCUT2D eigenvalue weighted by Gasteiger charge is -2.41. The van der Waals surface area contributed by atoms with Gasteiger partial charge in [0.15, 0.2) is 0 Å². The number of alkyl halides is 2. The Hall–Kier alpha value is -1.16. The average molecular weight is 366 g/mol. The van der Waals surface area contributed by atoms with Crippen molar-refractivity contribution in [2.24, 2.45) is 11.8 Å². The maximum atomic E-state index is 14.4. The van der Waals surface area contributed by atoms with Crippen LogP contribution >= 0.6 is 0 Å². The molecule has 2 aliphatic carbocycles. The van der Waals surface area contributed by atoms with Gasteiger partial charge < -0.3 is 9.47 Å². The van der Waals surface area contributed by atoms with Crippen LogP contribution in [0.15, 0.2) is 24.3 Å². The van der Waals surface area contributed by atoms with E-state index in [1.165, 1.54) is 5.56 Å². The molecule has 1 aromatic rings. The molecule has 0 bridgehead atoms. The van der Waals surface area contributed by atoms with E-state index in [-0.39, 0.29) is 12.3 Å². The lowest BCUT2D eigenvalue weighted by Crippen LogP contribution is -2.43. The van der Waals surface area contributed by atoms with Gasteiger partial charge in [-0.3, -0.25) is 0 Å². The SMILES string of the molecule is CCOc1ccc(C2CCC(C3CCC(OCC)C(F)(F)C3)CC2)cc1. The van der Waals surface area contributed by atoms with Crippen molar-refractivity contribution in [3.63, 3.8) is 0 Å². The normalized spacial score (nSPS) is 31.5. The van der Waals surface area contributed by atoms with Crippen LogP contribution in [-0.2, 0) is 4.74 Å². The Balaban J connectivity index is 1.52. The van der Waals surface area contributed by atoms with E-state index in [4.69, 9.17) is 9.47 Å². The van der Waals surface area contributed by atoms with Crippen molar-refractivity contribution < 1.29 is 18.3 Å². The van der Waals surface area contributed by atoms with Crippen molar-refractivity contribution in [1.29, 1.82) is 0 Å². The van der Waals surface area contributed by atoms with Crippen LogP contribution in [0, 0.1) is 11.8 Å². The summed E-state index contributed by atoms with van der Waals surface area (Å²) in [5.74, 6) is -0.587. The zero-order valence-electron chi connectivity index (χ0n) is 16.1. The molecular formula is C22H32F2O2. The van der Waals surface area contributed by atoms with Crippen molar-refractivity contribution in [1.82, 2.24) is 0 Å². The molecule has 2 nitrogen and oxygen atoms in total. The molecule has 0 radical (unpaired) electrons. The van der Waals surface area contributed by atoms with E-state index in [0.29, 0.717) is 31.5 Å². The number of hydrogen-bond donors (Lipinski definition) is 0. The Morgan fingerprint density at radius 2 is 1.54 bits per heavy atom. The first-order chi connectivity index (χ1) is 12.5. The zero-order valence-corrected chi connectivity index (χ0v) is 16.1. The minimum atomic E-state index is -2.66. The molecule has 0 aliphatic heterocycles. The third-order valence-corrected chi connectivity index (χ3v) is 6.27. The second kappa shape index (κ2) is 8.69. The Morgan fingerprint density at radius 1 is 0.885 bits per heavy atom. The van der Waals surface area contributed by atoms with E-state index in [9.17, 15) is 8.78 Å². The highest BCUT2D eigenvalue weighted by atomic mass is 19.3. The first kappa shape index (κ1) is 19.6.